The molecule has 0 N–H and O–H groups in total. The Morgan fingerprint density at radius 3 is 1.92 bits per heavy atom. The second-order valence-electron chi connectivity index (χ2n) is 7.46. The number of methoxy groups -OCH3 is 1. The summed E-state index contributed by atoms with van der Waals surface area (Å²) >= 11 is 0. The summed E-state index contributed by atoms with van der Waals surface area (Å²) in [5.74, 6) is 1.58. The fourth-order valence-corrected chi connectivity index (χ4v) is 4.74. The van der Waals surface area contributed by atoms with Crippen LogP contribution in [0.1, 0.15) is 62.8 Å². The molecule has 24 heavy (non-hydrogen) atoms. The average Bonchev–Trinajstić information content (AvgIpc) is 2.55. The van der Waals surface area contributed by atoms with E-state index in [1.807, 2.05) is 0 Å². The van der Waals surface area contributed by atoms with Gasteiger partial charge in [-0.15, -0.1) is 23.8 Å². The van der Waals surface area contributed by atoms with Gasteiger partial charge >= 0.3 is 32.7 Å². The molecular weight excluding hydrogens is 383 g/mol. The molecule has 0 amide bonds. The van der Waals surface area contributed by atoms with Crippen molar-refractivity contribution in [3.05, 3.63) is 35.4 Å². The molecule has 0 aliphatic heterocycles. The van der Waals surface area contributed by atoms with E-state index < -0.39 is 11.6 Å². The zero-order chi connectivity index (χ0) is 16.2. The number of rotatable bonds is 4. The van der Waals surface area contributed by atoms with Gasteiger partial charge in [-0.25, -0.2) is 8.78 Å². The van der Waals surface area contributed by atoms with Gasteiger partial charge in [0.25, 0.3) is 0 Å². The van der Waals surface area contributed by atoms with Gasteiger partial charge in [-0.3, -0.25) is 0 Å². The zero-order valence-corrected chi connectivity index (χ0v) is 17.4. The molecule has 128 valence electrons. The summed E-state index contributed by atoms with van der Waals surface area (Å²) in [5.41, 5.74) is 0.820. The van der Waals surface area contributed by atoms with Crippen molar-refractivity contribution in [1.82, 2.24) is 0 Å². The van der Waals surface area contributed by atoms with Crippen molar-refractivity contribution in [3.63, 3.8) is 0 Å². The minimum Gasteiger partial charge on any atom is -0.384 e. The van der Waals surface area contributed by atoms with Gasteiger partial charge in [0.15, 0.2) is 0 Å². The monoisotopic (exact) mass is 410 g/mol. The number of hydrogen-bond acceptors (Lipinski definition) is 1. The molecule has 2 saturated carbocycles. The maximum Gasteiger partial charge on any atom is 3.00 e. The van der Waals surface area contributed by atoms with E-state index in [1.54, 1.807) is 7.11 Å². The van der Waals surface area contributed by atoms with Crippen molar-refractivity contribution in [1.29, 1.82) is 0 Å². The van der Waals surface area contributed by atoms with Crippen LogP contribution in [-0.4, -0.2) is 13.7 Å². The van der Waals surface area contributed by atoms with Gasteiger partial charge in [-0.1, -0.05) is 0 Å². The topological polar surface area (TPSA) is 9.23 Å². The predicted molar refractivity (Wildman–Crippen MR) is 87.2 cm³/mol. The van der Waals surface area contributed by atoms with Crippen molar-refractivity contribution >= 4 is 0 Å². The zero-order valence-electron chi connectivity index (χ0n) is 14.6. The van der Waals surface area contributed by atoms with E-state index in [0.29, 0.717) is 5.92 Å². The molecule has 0 bridgehead atoms. The van der Waals surface area contributed by atoms with Gasteiger partial charge in [0, 0.05) is 25.4 Å². The van der Waals surface area contributed by atoms with E-state index in [9.17, 15) is 8.78 Å². The minimum absolute atomic E-state index is 0. The summed E-state index contributed by atoms with van der Waals surface area (Å²) in [6.45, 7) is 0.904. The molecule has 0 atom stereocenters. The van der Waals surface area contributed by atoms with Crippen molar-refractivity contribution in [2.75, 3.05) is 13.7 Å². The molecule has 1 aromatic carbocycles. The fourth-order valence-electron chi connectivity index (χ4n) is 4.74. The third-order valence-electron chi connectivity index (χ3n) is 6.03. The van der Waals surface area contributed by atoms with Crippen LogP contribution in [0.5, 0.6) is 0 Å². The van der Waals surface area contributed by atoms with Crippen molar-refractivity contribution in [2.45, 2.75) is 57.3 Å². The van der Waals surface area contributed by atoms with Crippen LogP contribution in [-0.2, 0) is 37.4 Å². The molecule has 2 aliphatic rings. The average molecular weight is 410 g/mol. The quantitative estimate of drug-likeness (QED) is 0.597. The van der Waals surface area contributed by atoms with Crippen LogP contribution >= 0.6 is 0 Å². The SMILES string of the molecule is COCC1CCC(C2CCC(c3cc(F)[c-]c(F)c3)CC2)CC1.[Y+3]. The van der Waals surface area contributed by atoms with Gasteiger partial charge in [0.2, 0.25) is 0 Å². The molecule has 0 unspecified atom stereocenters. The summed E-state index contributed by atoms with van der Waals surface area (Å²) in [6, 6.07) is 5.01. The van der Waals surface area contributed by atoms with Crippen LogP contribution < -0.4 is 0 Å². The van der Waals surface area contributed by atoms with Crippen LogP contribution in [0.15, 0.2) is 12.1 Å². The first-order valence-corrected chi connectivity index (χ1v) is 9.03. The van der Waals surface area contributed by atoms with E-state index in [2.05, 4.69) is 6.07 Å². The Hall–Kier alpha value is 0.144. The summed E-state index contributed by atoms with van der Waals surface area (Å²) < 4.78 is 32.0. The van der Waals surface area contributed by atoms with Crippen LogP contribution in [0, 0.1) is 35.5 Å². The Labute approximate surface area is 169 Å². The third-order valence-corrected chi connectivity index (χ3v) is 6.03. The van der Waals surface area contributed by atoms with Crippen molar-refractivity contribution in [3.8, 4) is 0 Å². The van der Waals surface area contributed by atoms with Crippen molar-refractivity contribution in [2.24, 2.45) is 17.8 Å². The summed E-state index contributed by atoms with van der Waals surface area (Å²) in [6.07, 6.45) is 9.77. The number of hydrogen-bond donors (Lipinski definition) is 0. The van der Waals surface area contributed by atoms with Crippen LogP contribution in [0.2, 0.25) is 0 Å². The first-order chi connectivity index (χ1) is 11.2. The van der Waals surface area contributed by atoms with Crippen LogP contribution in [0.3, 0.4) is 0 Å². The summed E-state index contributed by atoms with van der Waals surface area (Å²) in [7, 11) is 1.79. The Bertz CT molecular complexity index is 486. The van der Waals surface area contributed by atoms with E-state index in [0.717, 1.165) is 42.8 Å². The smallest absolute Gasteiger partial charge is 0.384 e. The molecule has 1 aromatic rings. The normalized spacial score (nSPS) is 30.6. The second kappa shape index (κ2) is 9.73. The minimum atomic E-state index is -0.571. The Morgan fingerprint density at radius 2 is 1.42 bits per heavy atom. The first-order valence-electron chi connectivity index (χ1n) is 9.03. The standard InChI is InChI=1S/C20H27F2O.Y/c1-23-13-14-2-4-15(5-3-14)16-6-8-17(9-7-16)18-10-19(21)12-20(22)11-18;/h10-11,14-17H,2-9,13H2,1H3;/q-1;+3. The predicted octanol–water partition coefficient (Wildman–Crippen LogP) is 5.49. The molecule has 0 spiro atoms. The largest absolute Gasteiger partial charge is 3.00 e. The maximum absolute atomic E-state index is 13.3. The van der Waals surface area contributed by atoms with Gasteiger partial charge in [-0.2, -0.15) is 0 Å². The summed E-state index contributed by atoms with van der Waals surface area (Å²) in [4.78, 5) is 0. The first kappa shape index (κ1) is 20.5. The molecular formula is C20H27F2OY+2. The fraction of sp³-hybridized carbons (Fsp3) is 0.700. The Balaban J connectivity index is 0.00000208. The number of halogens is 2. The van der Waals surface area contributed by atoms with E-state index in [1.165, 1.54) is 50.7 Å². The van der Waals surface area contributed by atoms with E-state index in [4.69, 9.17) is 4.74 Å². The van der Waals surface area contributed by atoms with Gasteiger partial charge in [-0.05, 0) is 75.0 Å². The van der Waals surface area contributed by atoms with Crippen LogP contribution in [0.4, 0.5) is 8.78 Å². The third kappa shape index (κ3) is 5.32. The molecule has 2 fully saturated rings. The van der Waals surface area contributed by atoms with Gasteiger partial charge < -0.3 is 4.74 Å². The molecule has 2 aliphatic carbocycles. The Morgan fingerprint density at radius 1 is 0.917 bits per heavy atom. The summed E-state index contributed by atoms with van der Waals surface area (Å²) in [5, 5.41) is 0. The molecule has 0 saturated heterocycles. The van der Waals surface area contributed by atoms with Gasteiger partial charge in [0.05, 0.1) is 0 Å². The molecule has 1 nitrogen and oxygen atoms in total. The number of benzene rings is 1. The number of ether oxygens (including phenoxy) is 1. The molecule has 3 rings (SSSR count). The molecule has 0 aromatic heterocycles. The maximum atomic E-state index is 13.3. The van der Waals surface area contributed by atoms with E-state index >= 15 is 0 Å². The van der Waals surface area contributed by atoms with Gasteiger partial charge in [0.1, 0.15) is 0 Å². The molecule has 4 heteroatoms. The molecule has 0 heterocycles. The van der Waals surface area contributed by atoms with Crippen LogP contribution in [0.25, 0.3) is 0 Å². The van der Waals surface area contributed by atoms with E-state index in [-0.39, 0.29) is 32.7 Å². The Kier molecular flexibility index (Phi) is 8.30. The van der Waals surface area contributed by atoms with Crippen molar-refractivity contribution < 1.29 is 46.2 Å². The molecule has 0 radical (unpaired) electrons. The second-order valence-corrected chi connectivity index (χ2v) is 7.46.